The average Bonchev–Trinajstić information content (AvgIpc) is 2.75. The Labute approximate surface area is 112 Å². The summed E-state index contributed by atoms with van der Waals surface area (Å²) in [7, 11) is 0. The van der Waals surface area contributed by atoms with Gasteiger partial charge < -0.3 is 5.73 Å². The second-order valence-corrected chi connectivity index (χ2v) is 6.01. The largest absolute Gasteiger partial charge is 0.321 e. The van der Waals surface area contributed by atoms with Gasteiger partial charge >= 0.3 is 0 Å². The lowest BCUT2D eigenvalue weighted by molar-refractivity contribution is 0.557. The summed E-state index contributed by atoms with van der Waals surface area (Å²) in [4.78, 5) is 10.1. The number of aromatic nitrogens is 2. The normalized spacial score (nSPS) is 11.8. The van der Waals surface area contributed by atoms with Crippen LogP contribution >= 0.6 is 11.3 Å². The minimum absolute atomic E-state index is 0.331. The topological polar surface area (TPSA) is 51.8 Å². The van der Waals surface area contributed by atoms with Crippen LogP contribution in [-0.4, -0.2) is 9.97 Å². The summed E-state index contributed by atoms with van der Waals surface area (Å²) in [6, 6.07) is 3.97. The summed E-state index contributed by atoms with van der Waals surface area (Å²) in [5.41, 5.74) is 8.10. The minimum Gasteiger partial charge on any atom is -0.321 e. The van der Waals surface area contributed by atoms with Gasteiger partial charge in [0.25, 0.3) is 0 Å². The molecule has 0 amide bonds. The number of nitrogens with two attached hydrogens (primary N) is 1. The molecule has 2 aromatic rings. The quantitative estimate of drug-likeness (QED) is 0.918. The molecule has 2 N–H and O–H groups in total. The summed E-state index contributed by atoms with van der Waals surface area (Å²) < 4.78 is 0. The van der Waals surface area contributed by atoms with Gasteiger partial charge in [-0.3, -0.25) is 4.98 Å². The molecule has 3 nitrogen and oxygen atoms in total. The number of nitrogens with zero attached hydrogens (tertiary/aromatic N) is 2. The van der Waals surface area contributed by atoms with Crippen molar-refractivity contribution in [2.45, 2.75) is 39.2 Å². The first kappa shape index (κ1) is 13.2. The van der Waals surface area contributed by atoms with Crippen molar-refractivity contribution in [3.05, 3.63) is 35.1 Å². The number of pyridine rings is 1. The van der Waals surface area contributed by atoms with Crippen LogP contribution in [0.15, 0.2) is 24.5 Å². The van der Waals surface area contributed by atoms with Crippen molar-refractivity contribution in [1.29, 1.82) is 0 Å². The summed E-state index contributed by atoms with van der Waals surface area (Å²) in [6.45, 7) is 6.23. The van der Waals surface area contributed by atoms with Gasteiger partial charge in [-0.05, 0) is 32.4 Å². The van der Waals surface area contributed by atoms with Gasteiger partial charge in [-0.2, -0.15) is 0 Å². The number of hydrogen-bond acceptors (Lipinski definition) is 4. The van der Waals surface area contributed by atoms with E-state index in [0.717, 1.165) is 29.1 Å². The van der Waals surface area contributed by atoms with E-state index in [1.165, 1.54) is 4.88 Å². The Morgan fingerprint density at radius 2 is 2.17 bits per heavy atom. The first-order chi connectivity index (χ1) is 8.52. The zero-order valence-electron chi connectivity index (χ0n) is 11.1. The Morgan fingerprint density at radius 3 is 2.72 bits per heavy atom. The maximum Gasteiger partial charge on any atom is 0.125 e. The fraction of sp³-hybridized carbons (Fsp3) is 0.429. The second kappa shape index (κ2) is 5.16. The van der Waals surface area contributed by atoms with E-state index in [2.05, 4.69) is 11.9 Å². The third kappa shape index (κ3) is 2.76. The van der Waals surface area contributed by atoms with Gasteiger partial charge in [0.1, 0.15) is 5.01 Å². The van der Waals surface area contributed by atoms with Crippen LogP contribution < -0.4 is 5.73 Å². The van der Waals surface area contributed by atoms with Crippen LogP contribution in [0.1, 0.15) is 37.8 Å². The number of aryl methyl sites for hydroxylation is 1. The molecule has 0 fully saturated rings. The molecular weight excluding hydrogens is 242 g/mol. The van der Waals surface area contributed by atoms with Crippen molar-refractivity contribution in [1.82, 2.24) is 9.97 Å². The van der Waals surface area contributed by atoms with E-state index in [1.54, 1.807) is 17.5 Å². The molecule has 0 atom stereocenters. The summed E-state index contributed by atoms with van der Waals surface area (Å²) in [5, 5.41) is 1.01. The van der Waals surface area contributed by atoms with Crippen molar-refractivity contribution < 1.29 is 0 Å². The standard InChI is InChI=1S/C14H19N3S/c1-4-6-11-12(14(2,3)15)18-13(17-11)10-7-5-8-16-9-10/h5,7-9H,4,6,15H2,1-3H3. The van der Waals surface area contributed by atoms with Crippen LogP contribution in [0.25, 0.3) is 10.6 Å². The second-order valence-electron chi connectivity index (χ2n) is 5.01. The van der Waals surface area contributed by atoms with Gasteiger partial charge in [-0.1, -0.05) is 13.3 Å². The van der Waals surface area contributed by atoms with Gasteiger partial charge in [0.15, 0.2) is 0 Å². The minimum atomic E-state index is -0.331. The Morgan fingerprint density at radius 1 is 1.39 bits per heavy atom. The van der Waals surface area contributed by atoms with Gasteiger partial charge in [0, 0.05) is 28.4 Å². The molecule has 0 aromatic carbocycles. The maximum absolute atomic E-state index is 6.23. The van der Waals surface area contributed by atoms with E-state index in [-0.39, 0.29) is 5.54 Å². The lowest BCUT2D eigenvalue weighted by Gasteiger charge is -2.17. The molecule has 0 bridgehead atoms. The highest BCUT2D eigenvalue weighted by molar-refractivity contribution is 7.15. The predicted molar refractivity (Wildman–Crippen MR) is 76.6 cm³/mol. The Hall–Kier alpha value is -1.26. The molecule has 0 unspecified atom stereocenters. The van der Waals surface area contributed by atoms with Crippen LogP contribution in [0.3, 0.4) is 0 Å². The Kier molecular flexibility index (Phi) is 3.78. The molecule has 0 aliphatic heterocycles. The van der Waals surface area contributed by atoms with Crippen molar-refractivity contribution >= 4 is 11.3 Å². The fourth-order valence-corrected chi connectivity index (χ4v) is 2.99. The Balaban J connectivity index is 2.46. The summed E-state index contributed by atoms with van der Waals surface area (Å²) >= 11 is 1.68. The third-order valence-electron chi connectivity index (χ3n) is 2.68. The third-order valence-corrected chi connectivity index (χ3v) is 4.16. The zero-order valence-corrected chi connectivity index (χ0v) is 11.9. The van der Waals surface area contributed by atoms with Gasteiger partial charge in [0.05, 0.1) is 5.69 Å². The van der Waals surface area contributed by atoms with E-state index >= 15 is 0 Å². The SMILES string of the molecule is CCCc1nc(-c2cccnc2)sc1C(C)(C)N. The molecule has 0 radical (unpaired) electrons. The van der Waals surface area contributed by atoms with E-state index in [9.17, 15) is 0 Å². The zero-order chi connectivity index (χ0) is 13.2. The van der Waals surface area contributed by atoms with Gasteiger partial charge in [-0.25, -0.2) is 4.98 Å². The van der Waals surface area contributed by atoms with Crippen LogP contribution in [0.2, 0.25) is 0 Å². The molecule has 4 heteroatoms. The molecule has 2 aromatic heterocycles. The smallest absolute Gasteiger partial charge is 0.125 e. The van der Waals surface area contributed by atoms with Crippen LogP contribution in [-0.2, 0) is 12.0 Å². The van der Waals surface area contributed by atoms with Crippen LogP contribution in [0.5, 0.6) is 0 Å². The maximum atomic E-state index is 6.23. The summed E-state index contributed by atoms with van der Waals surface area (Å²) in [5.74, 6) is 0. The molecule has 0 aliphatic rings. The van der Waals surface area contributed by atoms with Gasteiger partial charge in [-0.15, -0.1) is 11.3 Å². The van der Waals surface area contributed by atoms with E-state index in [1.807, 2.05) is 32.2 Å². The summed E-state index contributed by atoms with van der Waals surface area (Å²) in [6.07, 6.45) is 5.69. The average molecular weight is 261 g/mol. The lowest BCUT2D eigenvalue weighted by atomic mass is 10.0. The highest BCUT2D eigenvalue weighted by Crippen LogP contribution is 2.33. The molecular formula is C14H19N3S. The molecule has 96 valence electrons. The van der Waals surface area contributed by atoms with E-state index in [0.29, 0.717) is 0 Å². The monoisotopic (exact) mass is 261 g/mol. The first-order valence-electron chi connectivity index (χ1n) is 6.22. The molecule has 0 saturated heterocycles. The van der Waals surface area contributed by atoms with Crippen molar-refractivity contribution in [2.75, 3.05) is 0 Å². The number of rotatable bonds is 4. The molecule has 18 heavy (non-hydrogen) atoms. The highest BCUT2D eigenvalue weighted by Gasteiger charge is 2.23. The predicted octanol–water partition coefficient (Wildman–Crippen LogP) is 3.35. The van der Waals surface area contributed by atoms with Crippen LogP contribution in [0, 0.1) is 0 Å². The first-order valence-corrected chi connectivity index (χ1v) is 7.03. The highest BCUT2D eigenvalue weighted by atomic mass is 32.1. The molecule has 2 heterocycles. The van der Waals surface area contributed by atoms with Crippen LogP contribution in [0.4, 0.5) is 0 Å². The molecule has 0 spiro atoms. The Bertz CT molecular complexity index is 512. The fourth-order valence-electron chi connectivity index (χ4n) is 1.87. The van der Waals surface area contributed by atoms with Gasteiger partial charge in [0.2, 0.25) is 0 Å². The van der Waals surface area contributed by atoms with Crippen molar-refractivity contribution in [3.63, 3.8) is 0 Å². The van der Waals surface area contributed by atoms with E-state index in [4.69, 9.17) is 10.7 Å². The lowest BCUT2D eigenvalue weighted by Crippen LogP contribution is -2.28. The number of thiazole rings is 1. The molecule has 0 saturated carbocycles. The van der Waals surface area contributed by atoms with E-state index < -0.39 is 0 Å². The number of hydrogen-bond donors (Lipinski definition) is 1. The molecule has 0 aliphatic carbocycles. The van der Waals surface area contributed by atoms with Crippen molar-refractivity contribution in [3.8, 4) is 10.6 Å². The van der Waals surface area contributed by atoms with Crippen molar-refractivity contribution in [2.24, 2.45) is 5.73 Å². The molecule has 2 rings (SSSR count).